The highest BCUT2D eigenvalue weighted by Crippen LogP contribution is 2.70. The van der Waals surface area contributed by atoms with Crippen LogP contribution >= 0.6 is 0 Å². The Hall–Kier alpha value is -6.48. The minimum absolute atomic E-state index is 0.00555. The van der Waals surface area contributed by atoms with Crippen LogP contribution in [0.5, 0.6) is 0 Å². The number of carbonyl (C=O) groups excluding carboxylic acids is 9. The van der Waals surface area contributed by atoms with E-state index in [2.05, 4.69) is 4.98 Å². The lowest BCUT2D eigenvalue weighted by Gasteiger charge is -2.67. The molecule has 66 heavy (non-hydrogen) atoms. The Morgan fingerprint density at radius 3 is 1.86 bits per heavy atom. The molecule has 4 aliphatic rings. The predicted octanol–water partition coefficient (Wildman–Crippen LogP) is 1.84. The smallest absolute Gasteiger partial charge is 0.350 e. The Kier molecular flexibility index (Phi) is 13.4. The van der Waals surface area contributed by atoms with Crippen molar-refractivity contribution in [3.8, 4) is 0 Å². The van der Waals surface area contributed by atoms with Crippen molar-refractivity contribution >= 4 is 53.7 Å². The summed E-state index contributed by atoms with van der Waals surface area (Å²) in [5.41, 5.74) is -13.2. The first-order chi connectivity index (χ1) is 30.8. The zero-order valence-electron chi connectivity index (χ0n) is 37.6. The second-order valence-electron chi connectivity index (χ2n) is 17.3. The largest absolute Gasteiger partial charge is 0.465 e. The van der Waals surface area contributed by atoms with E-state index in [0.717, 1.165) is 48.5 Å². The normalized spacial score (nSPS) is 34.6. The molecule has 21 heteroatoms. The van der Waals surface area contributed by atoms with E-state index in [-0.39, 0.29) is 23.2 Å². The molecule has 2 saturated carbocycles. The van der Waals surface area contributed by atoms with Gasteiger partial charge in [0.1, 0.15) is 42.0 Å². The van der Waals surface area contributed by atoms with E-state index in [1.165, 1.54) is 44.3 Å². The number of pyridine rings is 1. The van der Waals surface area contributed by atoms with Gasteiger partial charge in [-0.3, -0.25) is 33.8 Å². The first kappa shape index (κ1) is 49.0. The van der Waals surface area contributed by atoms with Gasteiger partial charge in [0, 0.05) is 54.2 Å². The van der Waals surface area contributed by atoms with Crippen LogP contribution in [-0.2, 0) is 87.4 Å². The van der Waals surface area contributed by atoms with Gasteiger partial charge in [0.15, 0.2) is 30.0 Å². The van der Waals surface area contributed by atoms with Crippen molar-refractivity contribution in [2.24, 2.45) is 11.3 Å². The van der Waals surface area contributed by atoms with Crippen molar-refractivity contribution in [3.05, 3.63) is 65.5 Å². The fourth-order valence-electron chi connectivity index (χ4n) is 10.1. The maximum atomic E-state index is 15.1. The molecule has 1 N–H and O–H groups in total. The average Bonchev–Trinajstić information content (AvgIpc) is 3.44. The van der Waals surface area contributed by atoms with Crippen molar-refractivity contribution in [2.45, 2.75) is 134 Å². The van der Waals surface area contributed by atoms with Gasteiger partial charge < -0.3 is 52.5 Å². The topological polar surface area (TPSA) is 279 Å². The summed E-state index contributed by atoms with van der Waals surface area (Å²) in [5, 5.41) is 13.7. The molecule has 6 rings (SSSR count). The van der Waals surface area contributed by atoms with Gasteiger partial charge in [-0.05, 0) is 51.5 Å². The van der Waals surface area contributed by atoms with Crippen LogP contribution in [0.15, 0.2) is 48.7 Å². The van der Waals surface area contributed by atoms with Crippen LogP contribution in [0, 0.1) is 11.3 Å². The first-order valence-corrected chi connectivity index (χ1v) is 20.9. The molecule has 0 unspecified atom stereocenters. The number of nitrogens with zero attached hydrogens (tertiary/aromatic N) is 1. The number of aryl methyl sites for hydroxylation is 1. The first-order valence-electron chi connectivity index (χ1n) is 20.9. The van der Waals surface area contributed by atoms with Gasteiger partial charge in [-0.1, -0.05) is 18.2 Å². The standard InChI is InChI=1S/C45H51NO20/c1-22(47)57-21-44-36(62-26(5)51)32(59-23(2)48)31-34(61-25(4)50)45(44)43(9,56)35(33(60-24(3)49)37(44)63-27(6)52)64-40(55)41(7,65-38(53)28-14-11-10-12-15-28)18-17-30-29(16-13-19-46-30)39(54)58-20-42(31,8)66-45/h10-16,19,31-37,56H,17-18,20-21H2,1-9H3/t31-,32+,33+,34-,35+,36+,37+,41+,42+,43-,44-,45+/m1/s1. The summed E-state index contributed by atoms with van der Waals surface area (Å²) in [5.74, 6) is -11.6. The lowest BCUT2D eigenvalue weighted by molar-refractivity contribution is -0.387. The van der Waals surface area contributed by atoms with E-state index in [1.54, 1.807) is 18.2 Å². The zero-order valence-corrected chi connectivity index (χ0v) is 37.6. The predicted molar refractivity (Wildman–Crippen MR) is 216 cm³/mol. The third-order valence-corrected chi connectivity index (χ3v) is 12.5. The number of hydrogen-bond donors (Lipinski definition) is 1. The molecule has 2 aromatic rings. The molecule has 4 bridgehead atoms. The molecule has 1 aromatic heterocycles. The third kappa shape index (κ3) is 8.44. The highest BCUT2D eigenvalue weighted by molar-refractivity contribution is 5.93. The van der Waals surface area contributed by atoms with Crippen molar-refractivity contribution in [3.63, 3.8) is 0 Å². The molecule has 1 aromatic carbocycles. The number of fused-ring (bicyclic) bond motifs is 5. The number of aliphatic hydroxyl groups is 1. The summed E-state index contributed by atoms with van der Waals surface area (Å²) in [6, 6.07) is 10.4. The molecule has 3 heterocycles. The van der Waals surface area contributed by atoms with E-state index >= 15 is 4.79 Å². The van der Waals surface area contributed by atoms with E-state index < -0.39 is 144 Å². The summed E-state index contributed by atoms with van der Waals surface area (Å²) in [7, 11) is 0. The molecule has 3 fully saturated rings. The Morgan fingerprint density at radius 1 is 0.727 bits per heavy atom. The Morgan fingerprint density at radius 2 is 1.29 bits per heavy atom. The number of carbonyl (C=O) groups is 9. The average molecular weight is 926 g/mol. The van der Waals surface area contributed by atoms with E-state index in [9.17, 15) is 43.5 Å². The number of aromatic nitrogens is 1. The minimum atomic E-state index is -3.01. The van der Waals surface area contributed by atoms with Gasteiger partial charge in [-0.25, -0.2) is 14.4 Å². The SMILES string of the molecule is CC(=O)OC[C@@]12[C@@H](OC(C)=O)[C@@H](OC(C)=O)[C@@H]3OC(=O)[C@@](C)(OC(=O)c4ccccc4)CCc4ncccc4C(=O)OC[C@]4(C)O[C@@]1([C@H](OC(C)=O)[C@H]4[C@H](OC(C)=O)[C@@H]2OC(C)=O)[C@]3(C)O. The molecule has 1 saturated heterocycles. The van der Waals surface area contributed by atoms with Gasteiger partial charge in [0.2, 0.25) is 5.60 Å². The quantitative estimate of drug-likeness (QED) is 0.277. The van der Waals surface area contributed by atoms with Crippen molar-refractivity contribution in [2.75, 3.05) is 13.2 Å². The van der Waals surface area contributed by atoms with Crippen LogP contribution in [0.4, 0.5) is 0 Å². The van der Waals surface area contributed by atoms with Crippen LogP contribution in [0.3, 0.4) is 0 Å². The van der Waals surface area contributed by atoms with Gasteiger partial charge >= 0.3 is 53.7 Å². The Balaban J connectivity index is 1.76. The highest BCUT2D eigenvalue weighted by Gasteiger charge is 2.92. The second-order valence-corrected chi connectivity index (χ2v) is 17.3. The zero-order chi connectivity index (χ0) is 48.7. The maximum Gasteiger partial charge on any atom is 0.350 e. The monoisotopic (exact) mass is 925 g/mol. The highest BCUT2D eigenvalue weighted by atomic mass is 16.7. The van der Waals surface area contributed by atoms with Crippen molar-refractivity contribution in [1.82, 2.24) is 4.98 Å². The van der Waals surface area contributed by atoms with Crippen LogP contribution in [-0.4, -0.2) is 136 Å². The summed E-state index contributed by atoms with van der Waals surface area (Å²) in [6.07, 6.45) is -12.1. The Bertz CT molecular complexity index is 2310. The van der Waals surface area contributed by atoms with Crippen LogP contribution < -0.4 is 0 Å². The molecule has 2 aliphatic carbocycles. The van der Waals surface area contributed by atoms with Crippen LogP contribution in [0.1, 0.15) is 95.1 Å². The van der Waals surface area contributed by atoms with E-state index in [4.69, 9.17) is 47.4 Å². The fraction of sp³-hybridized carbons (Fsp3) is 0.556. The summed E-state index contributed by atoms with van der Waals surface area (Å²) in [6.45, 7) is 7.32. The summed E-state index contributed by atoms with van der Waals surface area (Å²) in [4.78, 5) is 127. The minimum Gasteiger partial charge on any atom is -0.465 e. The molecular weight excluding hydrogens is 874 g/mol. The number of ether oxygens (including phenoxy) is 10. The third-order valence-electron chi connectivity index (χ3n) is 12.5. The number of rotatable bonds is 9. The number of hydrogen-bond acceptors (Lipinski definition) is 21. The molecule has 12 atom stereocenters. The molecule has 356 valence electrons. The second kappa shape index (κ2) is 18.1. The lowest BCUT2D eigenvalue weighted by Crippen LogP contribution is -2.89. The maximum absolute atomic E-state index is 15.1. The van der Waals surface area contributed by atoms with Gasteiger partial charge in [-0.2, -0.15) is 0 Å². The van der Waals surface area contributed by atoms with Gasteiger partial charge in [0.25, 0.3) is 0 Å². The fourth-order valence-corrected chi connectivity index (χ4v) is 10.1. The number of benzene rings is 1. The number of esters is 9. The van der Waals surface area contributed by atoms with Crippen LogP contribution in [0.2, 0.25) is 0 Å². The van der Waals surface area contributed by atoms with E-state index in [1.807, 2.05) is 0 Å². The van der Waals surface area contributed by atoms with Gasteiger partial charge in [0.05, 0.1) is 22.7 Å². The molecule has 21 nitrogen and oxygen atoms in total. The molecule has 1 spiro atoms. The van der Waals surface area contributed by atoms with Crippen molar-refractivity contribution < 1.29 is 95.6 Å². The summed E-state index contributed by atoms with van der Waals surface area (Å²) < 4.78 is 60.7. The molecule has 0 radical (unpaired) electrons. The van der Waals surface area contributed by atoms with E-state index in [0.29, 0.717) is 0 Å². The van der Waals surface area contributed by atoms with Gasteiger partial charge in [-0.15, -0.1) is 0 Å². The molecule has 2 aliphatic heterocycles. The lowest BCUT2D eigenvalue weighted by atomic mass is 9.45. The summed E-state index contributed by atoms with van der Waals surface area (Å²) >= 11 is 0. The van der Waals surface area contributed by atoms with Crippen molar-refractivity contribution in [1.29, 1.82) is 0 Å². The molecular formula is C45H51NO20. The van der Waals surface area contributed by atoms with Crippen LogP contribution in [0.25, 0.3) is 0 Å². The molecule has 0 amide bonds. The Labute approximate surface area is 377 Å². The number of cyclic esters (lactones) is 1.